The van der Waals surface area contributed by atoms with Gasteiger partial charge in [0.15, 0.2) is 0 Å². The first-order valence-electron chi connectivity index (χ1n) is 13.2. The Bertz CT molecular complexity index is 1530. The Balaban J connectivity index is 1.26. The van der Waals surface area contributed by atoms with Crippen molar-refractivity contribution in [3.05, 3.63) is 60.2 Å². The molecular formula is C28H27F2N7O4. The zero-order chi connectivity index (χ0) is 29.1. The van der Waals surface area contributed by atoms with Gasteiger partial charge >= 0.3 is 12.2 Å². The molecule has 212 valence electrons. The minimum atomic E-state index is -1.03. The van der Waals surface area contributed by atoms with Gasteiger partial charge in [0.1, 0.15) is 23.3 Å². The molecule has 2 amide bonds. The average molecular weight is 564 g/mol. The number of rotatable bonds is 5. The van der Waals surface area contributed by atoms with Crippen molar-refractivity contribution in [2.24, 2.45) is 11.8 Å². The lowest BCUT2D eigenvalue weighted by Crippen LogP contribution is -2.39. The van der Waals surface area contributed by atoms with Crippen molar-refractivity contribution in [2.75, 3.05) is 24.5 Å². The van der Waals surface area contributed by atoms with Crippen molar-refractivity contribution in [3.8, 4) is 17.2 Å². The van der Waals surface area contributed by atoms with Crippen LogP contribution in [-0.4, -0.2) is 68.4 Å². The summed E-state index contributed by atoms with van der Waals surface area (Å²) >= 11 is 0. The zero-order valence-electron chi connectivity index (χ0n) is 22.6. The van der Waals surface area contributed by atoms with Gasteiger partial charge < -0.3 is 14.4 Å². The fourth-order valence-corrected chi connectivity index (χ4v) is 6.02. The van der Waals surface area contributed by atoms with Gasteiger partial charge in [-0.1, -0.05) is 5.21 Å². The minimum Gasteiger partial charge on any atom is -0.444 e. The number of likely N-dealkylation sites (tertiary alicyclic amines) is 1. The number of cyclic esters (lactones) is 1. The van der Waals surface area contributed by atoms with Crippen LogP contribution >= 0.6 is 0 Å². The van der Waals surface area contributed by atoms with E-state index < -0.39 is 40.9 Å². The number of hydrogen-bond acceptors (Lipinski definition) is 8. The Hall–Kier alpha value is -4.60. The van der Waals surface area contributed by atoms with E-state index in [2.05, 4.69) is 21.4 Å². The number of nitriles is 1. The number of aromatic nitrogens is 4. The Morgan fingerprint density at radius 2 is 1.90 bits per heavy atom. The molecule has 2 saturated heterocycles. The molecule has 4 heterocycles. The molecule has 0 spiro atoms. The fraction of sp³-hybridized carbons (Fsp3) is 0.429. The predicted octanol–water partition coefficient (Wildman–Crippen LogP) is 3.90. The van der Waals surface area contributed by atoms with Crippen LogP contribution in [0.1, 0.15) is 26.3 Å². The minimum absolute atomic E-state index is 0.00608. The smallest absolute Gasteiger partial charge is 0.414 e. The molecule has 3 atom stereocenters. The second-order valence-corrected chi connectivity index (χ2v) is 11.5. The highest BCUT2D eigenvalue weighted by atomic mass is 19.1. The molecule has 2 unspecified atom stereocenters. The molecule has 13 heteroatoms. The highest BCUT2D eigenvalue weighted by molar-refractivity contribution is 5.90. The number of benzene rings is 1. The van der Waals surface area contributed by atoms with Gasteiger partial charge in [-0.25, -0.2) is 23.1 Å². The number of carbonyl (C=O) groups excluding carboxylic acids is 2. The number of pyridine rings is 1. The Labute approximate surface area is 234 Å². The van der Waals surface area contributed by atoms with Gasteiger partial charge in [-0.2, -0.15) is 5.26 Å². The molecule has 2 aliphatic heterocycles. The third-order valence-electron chi connectivity index (χ3n) is 7.83. The van der Waals surface area contributed by atoms with E-state index in [1.165, 1.54) is 23.3 Å². The average Bonchev–Trinajstić information content (AvgIpc) is 3.41. The quantitative estimate of drug-likeness (QED) is 0.458. The SMILES string of the molecule is CC(C)(C)OC(=O)N1CC2C(C1)C2(C#N)c1ccncc1-c1c(F)cc(N2C[C@H](Cn3ccnn3)OC2=O)cc1F. The summed E-state index contributed by atoms with van der Waals surface area (Å²) in [7, 11) is 0. The van der Waals surface area contributed by atoms with Gasteiger partial charge in [0.25, 0.3) is 0 Å². The first-order chi connectivity index (χ1) is 19.5. The van der Waals surface area contributed by atoms with E-state index in [0.29, 0.717) is 18.7 Å². The van der Waals surface area contributed by atoms with Crippen molar-refractivity contribution >= 4 is 17.9 Å². The molecule has 3 aromatic rings. The van der Waals surface area contributed by atoms with E-state index in [4.69, 9.17) is 9.47 Å². The lowest BCUT2D eigenvalue weighted by atomic mass is 9.86. The lowest BCUT2D eigenvalue weighted by Gasteiger charge is -2.27. The highest BCUT2D eigenvalue weighted by Crippen LogP contribution is 2.64. The maximum Gasteiger partial charge on any atom is 0.414 e. The van der Waals surface area contributed by atoms with E-state index in [-0.39, 0.29) is 41.7 Å². The van der Waals surface area contributed by atoms with Gasteiger partial charge in [0.05, 0.1) is 42.0 Å². The predicted molar refractivity (Wildman–Crippen MR) is 139 cm³/mol. The molecule has 6 rings (SSSR count). The number of hydrogen-bond donors (Lipinski definition) is 0. The highest BCUT2D eigenvalue weighted by Gasteiger charge is 2.71. The summed E-state index contributed by atoms with van der Waals surface area (Å²) in [5, 5.41) is 17.9. The first kappa shape index (κ1) is 26.6. The number of carbonyl (C=O) groups is 2. The van der Waals surface area contributed by atoms with Crippen LogP contribution in [0, 0.1) is 34.8 Å². The zero-order valence-corrected chi connectivity index (χ0v) is 22.6. The number of amides is 2. The van der Waals surface area contributed by atoms with Gasteiger partial charge in [0.2, 0.25) is 0 Å². The van der Waals surface area contributed by atoms with Gasteiger partial charge in [-0.05, 0) is 44.5 Å². The van der Waals surface area contributed by atoms with Crippen LogP contribution in [0.5, 0.6) is 0 Å². The maximum absolute atomic E-state index is 15.7. The number of nitrogens with zero attached hydrogens (tertiary/aromatic N) is 7. The Kier molecular flexibility index (Phi) is 6.17. The molecule has 3 aliphatic rings. The van der Waals surface area contributed by atoms with E-state index in [1.54, 1.807) is 37.9 Å². The van der Waals surface area contributed by atoms with Crippen molar-refractivity contribution < 1.29 is 27.8 Å². The summed E-state index contributed by atoms with van der Waals surface area (Å²) in [5.41, 5.74) is -1.41. The topological polar surface area (TPSA) is 126 Å². The van der Waals surface area contributed by atoms with Crippen LogP contribution in [-0.2, 0) is 21.4 Å². The molecule has 0 radical (unpaired) electrons. The van der Waals surface area contributed by atoms with Crippen LogP contribution in [0.15, 0.2) is 43.0 Å². The van der Waals surface area contributed by atoms with Gasteiger partial charge in [-0.15, -0.1) is 5.10 Å². The molecular weight excluding hydrogens is 536 g/mol. The molecule has 1 aliphatic carbocycles. The van der Waals surface area contributed by atoms with Gasteiger partial charge in [0, 0.05) is 49.1 Å². The molecule has 1 saturated carbocycles. The second kappa shape index (κ2) is 9.50. The van der Waals surface area contributed by atoms with Crippen LogP contribution < -0.4 is 4.90 Å². The Morgan fingerprint density at radius 1 is 1.20 bits per heavy atom. The molecule has 41 heavy (non-hydrogen) atoms. The van der Waals surface area contributed by atoms with Crippen molar-refractivity contribution in [2.45, 2.75) is 44.4 Å². The van der Waals surface area contributed by atoms with Crippen molar-refractivity contribution in [1.29, 1.82) is 5.26 Å². The number of anilines is 1. The number of piperidine rings is 1. The summed E-state index contributed by atoms with van der Waals surface area (Å²) in [4.78, 5) is 31.9. The van der Waals surface area contributed by atoms with E-state index in [9.17, 15) is 14.9 Å². The monoisotopic (exact) mass is 563 g/mol. The van der Waals surface area contributed by atoms with Crippen LogP contribution in [0.25, 0.3) is 11.1 Å². The fourth-order valence-electron chi connectivity index (χ4n) is 6.02. The standard InChI is InChI=1S/C28H27F2N7O4/c1-27(2,3)41-25(38)35-13-20-21(14-35)28(20,15-31)19-4-5-32-10-18(19)24-22(29)8-16(9-23(24)30)37-12-17(40-26(37)39)11-36-7-6-33-34-36/h4-10,17,20-21H,11-14H2,1-3H3/t17-,20?,21?,28?/m0/s1. The third-order valence-corrected chi connectivity index (χ3v) is 7.83. The summed E-state index contributed by atoms with van der Waals surface area (Å²) in [6.07, 6.45) is 4.17. The summed E-state index contributed by atoms with van der Waals surface area (Å²) < 4.78 is 43.6. The van der Waals surface area contributed by atoms with E-state index in [1.807, 2.05) is 0 Å². The largest absolute Gasteiger partial charge is 0.444 e. The molecule has 0 bridgehead atoms. The second-order valence-electron chi connectivity index (χ2n) is 11.5. The third kappa shape index (κ3) is 4.53. The first-order valence-corrected chi connectivity index (χ1v) is 13.2. The van der Waals surface area contributed by atoms with Crippen molar-refractivity contribution in [3.63, 3.8) is 0 Å². The molecule has 0 N–H and O–H groups in total. The summed E-state index contributed by atoms with van der Waals surface area (Å²) in [6, 6.07) is 6.13. The number of halogens is 2. The number of fused-ring (bicyclic) bond motifs is 1. The van der Waals surface area contributed by atoms with Gasteiger partial charge in [-0.3, -0.25) is 9.88 Å². The molecule has 11 nitrogen and oxygen atoms in total. The molecule has 3 fully saturated rings. The lowest BCUT2D eigenvalue weighted by molar-refractivity contribution is 0.0266. The molecule has 1 aromatic carbocycles. The van der Waals surface area contributed by atoms with E-state index in [0.717, 1.165) is 17.0 Å². The summed E-state index contributed by atoms with van der Waals surface area (Å²) in [5.74, 6) is -2.24. The van der Waals surface area contributed by atoms with Crippen LogP contribution in [0.3, 0.4) is 0 Å². The molecule has 2 aromatic heterocycles. The number of ether oxygens (including phenoxy) is 2. The van der Waals surface area contributed by atoms with E-state index >= 15 is 8.78 Å². The van der Waals surface area contributed by atoms with Crippen LogP contribution in [0.4, 0.5) is 24.1 Å². The maximum atomic E-state index is 15.7. The Morgan fingerprint density at radius 3 is 2.51 bits per heavy atom. The summed E-state index contributed by atoms with van der Waals surface area (Å²) in [6.45, 7) is 6.25. The van der Waals surface area contributed by atoms with Crippen molar-refractivity contribution in [1.82, 2.24) is 24.9 Å². The van der Waals surface area contributed by atoms with Crippen LogP contribution in [0.2, 0.25) is 0 Å². The normalized spacial score (nSPS) is 25.1.